The monoisotopic (exact) mass is 242 g/mol. The van der Waals surface area contributed by atoms with Crippen LogP contribution in [0.3, 0.4) is 0 Å². The third kappa shape index (κ3) is 1.65. The quantitative estimate of drug-likeness (QED) is 0.650. The predicted molar refractivity (Wildman–Crippen MR) is 74.8 cm³/mol. The molecule has 0 unspecified atom stereocenters. The zero-order valence-corrected chi connectivity index (χ0v) is 11.5. The molecule has 18 heavy (non-hydrogen) atoms. The molecule has 0 bridgehead atoms. The van der Waals surface area contributed by atoms with Crippen molar-refractivity contribution < 1.29 is 0 Å². The van der Waals surface area contributed by atoms with Crippen LogP contribution in [-0.4, -0.2) is 9.13 Å². The second-order valence-corrected chi connectivity index (χ2v) is 5.68. The minimum Gasteiger partial charge on any atom is -0.295 e. The van der Waals surface area contributed by atoms with Crippen molar-refractivity contribution >= 4 is 11.0 Å². The van der Waals surface area contributed by atoms with Gasteiger partial charge in [0.25, 0.3) is 0 Å². The summed E-state index contributed by atoms with van der Waals surface area (Å²) in [6.07, 6.45) is 5.59. The Morgan fingerprint density at radius 3 is 2.06 bits per heavy atom. The summed E-state index contributed by atoms with van der Waals surface area (Å²) in [4.78, 5) is 11.9. The molecule has 3 nitrogen and oxygen atoms in total. The molecule has 3 heteroatoms. The zero-order valence-electron chi connectivity index (χ0n) is 11.5. The van der Waals surface area contributed by atoms with Crippen molar-refractivity contribution in [2.24, 2.45) is 14.1 Å². The number of rotatable bonds is 0. The number of hydrogen-bond acceptors (Lipinski definition) is 1. The van der Waals surface area contributed by atoms with Gasteiger partial charge in [0.05, 0.1) is 11.0 Å². The normalized spacial score (nSPS) is 11.8. The van der Waals surface area contributed by atoms with Gasteiger partial charge in [-0.2, -0.15) is 0 Å². The standard InChI is InChI=1S/C15H18N2O/c1-7-10-8-12-13(9-11(10)15(2,3)4)17(6)14(18)16(12)5/h1,8-9H,2-6H3. The summed E-state index contributed by atoms with van der Waals surface area (Å²) >= 11 is 0. The van der Waals surface area contributed by atoms with E-state index in [1.165, 1.54) is 0 Å². The first-order chi connectivity index (χ1) is 8.27. The molecule has 0 fully saturated rings. The van der Waals surface area contributed by atoms with Gasteiger partial charge in [0.2, 0.25) is 0 Å². The summed E-state index contributed by atoms with van der Waals surface area (Å²) in [5, 5.41) is 0. The van der Waals surface area contributed by atoms with Gasteiger partial charge < -0.3 is 0 Å². The van der Waals surface area contributed by atoms with Gasteiger partial charge in [0.1, 0.15) is 0 Å². The highest BCUT2D eigenvalue weighted by atomic mass is 16.1. The van der Waals surface area contributed by atoms with Crippen LogP contribution in [0, 0.1) is 12.3 Å². The second kappa shape index (κ2) is 3.78. The summed E-state index contributed by atoms with van der Waals surface area (Å²) in [7, 11) is 3.55. The second-order valence-electron chi connectivity index (χ2n) is 5.68. The summed E-state index contributed by atoms with van der Waals surface area (Å²) in [6.45, 7) is 6.36. The summed E-state index contributed by atoms with van der Waals surface area (Å²) in [5.41, 5.74) is 3.69. The number of imidazole rings is 1. The van der Waals surface area contributed by atoms with E-state index in [-0.39, 0.29) is 11.1 Å². The average Bonchev–Trinajstić information content (AvgIpc) is 2.52. The molecule has 0 aliphatic rings. The lowest BCUT2D eigenvalue weighted by Crippen LogP contribution is -2.19. The highest BCUT2D eigenvalue weighted by Crippen LogP contribution is 2.29. The molecule has 1 aromatic carbocycles. The van der Waals surface area contributed by atoms with Crippen molar-refractivity contribution in [1.82, 2.24) is 9.13 Å². The van der Waals surface area contributed by atoms with Crippen LogP contribution < -0.4 is 5.69 Å². The number of terminal acetylenes is 1. The average molecular weight is 242 g/mol. The molecular formula is C15H18N2O. The van der Waals surface area contributed by atoms with Gasteiger partial charge in [-0.15, -0.1) is 6.42 Å². The zero-order chi connectivity index (χ0) is 13.7. The Labute approximate surface area is 107 Å². The molecule has 94 valence electrons. The Hall–Kier alpha value is -1.95. The summed E-state index contributed by atoms with van der Waals surface area (Å²) < 4.78 is 3.29. The number of benzene rings is 1. The Bertz CT molecular complexity index is 718. The molecule has 1 heterocycles. The Balaban J connectivity index is 2.97. The minimum absolute atomic E-state index is 0.0287. The third-order valence-electron chi connectivity index (χ3n) is 3.37. The number of fused-ring (bicyclic) bond motifs is 1. The number of nitrogens with zero attached hydrogens (tertiary/aromatic N) is 2. The Kier molecular flexibility index (Phi) is 2.62. The fourth-order valence-electron chi connectivity index (χ4n) is 2.29. The molecule has 0 amide bonds. The number of aromatic nitrogens is 2. The van der Waals surface area contributed by atoms with E-state index in [0.29, 0.717) is 0 Å². The maximum absolute atomic E-state index is 11.9. The van der Waals surface area contributed by atoms with E-state index in [0.717, 1.165) is 22.2 Å². The van der Waals surface area contributed by atoms with Gasteiger partial charge in [0, 0.05) is 19.7 Å². The van der Waals surface area contributed by atoms with E-state index >= 15 is 0 Å². The van der Waals surface area contributed by atoms with E-state index in [1.807, 2.05) is 12.1 Å². The summed E-state index contributed by atoms with van der Waals surface area (Å²) in [5.74, 6) is 2.73. The molecule has 1 aromatic heterocycles. The molecule has 0 atom stereocenters. The van der Waals surface area contributed by atoms with Gasteiger partial charge in [-0.1, -0.05) is 26.7 Å². The molecule has 0 aliphatic heterocycles. The first kappa shape index (κ1) is 12.5. The largest absolute Gasteiger partial charge is 0.328 e. The fraction of sp³-hybridized carbons (Fsp3) is 0.400. The van der Waals surface area contributed by atoms with Crippen molar-refractivity contribution in [2.45, 2.75) is 26.2 Å². The Morgan fingerprint density at radius 1 is 1.11 bits per heavy atom. The van der Waals surface area contributed by atoms with Crippen LogP contribution in [0.5, 0.6) is 0 Å². The predicted octanol–water partition coefficient (Wildman–Crippen LogP) is 2.16. The summed E-state index contributed by atoms with van der Waals surface area (Å²) in [6, 6.07) is 3.96. The Morgan fingerprint density at radius 2 is 1.61 bits per heavy atom. The van der Waals surface area contributed by atoms with Gasteiger partial charge in [0.15, 0.2) is 0 Å². The van der Waals surface area contributed by atoms with Crippen LogP contribution in [0.1, 0.15) is 31.9 Å². The van der Waals surface area contributed by atoms with Crippen LogP contribution in [-0.2, 0) is 19.5 Å². The van der Waals surface area contributed by atoms with Crippen molar-refractivity contribution in [3.63, 3.8) is 0 Å². The van der Waals surface area contributed by atoms with Crippen molar-refractivity contribution in [1.29, 1.82) is 0 Å². The highest BCUT2D eigenvalue weighted by molar-refractivity contribution is 5.79. The molecule has 0 aliphatic carbocycles. The van der Waals surface area contributed by atoms with Gasteiger partial charge >= 0.3 is 5.69 Å². The first-order valence-corrected chi connectivity index (χ1v) is 5.94. The van der Waals surface area contributed by atoms with Crippen LogP contribution in [0.4, 0.5) is 0 Å². The van der Waals surface area contributed by atoms with Gasteiger partial charge in [-0.25, -0.2) is 4.79 Å². The lowest BCUT2D eigenvalue weighted by Gasteiger charge is -2.21. The molecular weight excluding hydrogens is 224 g/mol. The van der Waals surface area contributed by atoms with Crippen LogP contribution in [0.2, 0.25) is 0 Å². The number of hydrogen-bond donors (Lipinski definition) is 0. The molecule has 0 radical (unpaired) electrons. The van der Waals surface area contributed by atoms with E-state index in [2.05, 4.69) is 26.7 Å². The fourth-order valence-corrected chi connectivity index (χ4v) is 2.29. The van der Waals surface area contributed by atoms with Crippen LogP contribution >= 0.6 is 0 Å². The van der Waals surface area contributed by atoms with Crippen LogP contribution in [0.25, 0.3) is 11.0 Å². The minimum atomic E-state index is -0.0399. The van der Waals surface area contributed by atoms with Gasteiger partial charge in [-0.3, -0.25) is 9.13 Å². The van der Waals surface area contributed by atoms with Gasteiger partial charge in [-0.05, 0) is 23.1 Å². The molecule has 0 saturated heterocycles. The van der Waals surface area contributed by atoms with Crippen LogP contribution in [0.15, 0.2) is 16.9 Å². The SMILES string of the molecule is C#Cc1cc2c(cc1C(C)(C)C)n(C)c(=O)n2C. The smallest absolute Gasteiger partial charge is 0.295 e. The molecule has 2 rings (SSSR count). The molecule has 2 aromatic rings. The third-order valence-corrected chi connectivity index (χ3v) is 3.37. The molecule has 0 spiro atoms. The van der Waals surface area contributed by atoms with E-state index in [1.54, 1.807) is 23.2 Å². The van der Waals surface area contributed by atoms with E-state index in [4.69, 9.17) is 6.42 Å². The maximum Gasteiger partial charge on any atom is 0.328 e. The highest BCUT2D eigenvalue weighted by Gasteiger charge is 2.20. The number of aryl methyl sites for hydroxylation is 2. The first-order valence-electron chi connectivity index (χ1n) is 5.94. The van der Waals surface area contributed by atoms with E-state index < -0.39 is 0 Å². The van der Waals surface area contributed by atoms with Crippen molar-refractivity contribution in [2.75, 3.05) is 0 Å². The lowest BCUT2D eigenvalue weighted by atomic mass is 9.83. The lowest BCUT2D eigenvalue weighted by molar-refractivity contribution is 0.589. The molecule has 0 N–H and O–H groups in total. The van der Waals surface area contributed by atoms with Crippen molar-refractivity contribution in [3.05, 3.63) is 33.7 Å². The maximum atomic E-state index is 11.9. The topological polar surface area (TPSA) is 26.9 Å². The van der Waals surface area contributed by atoms with E-state index in [9.17, 15) is 4.79 Å². The van der Waals surface area contributed by atoms with Crippen molar-refractivity contribution in [3.8, 4) is 12.3 Å². The molecule has 0 saturated carbocycles.